The van der Waals surface area contributed by atoms with Crippen LogP contribution in [0.25, 0.3) is 0 Å². The highest BCUT2D eigenvalue weighted by molar-refractivity contribution is 5.92. The normalized spacial score (nSPS) is 10.4. The molecule has 174 valence electrons. The van der Waals surface area contributed by atoms with Gasteiger partial charge in [-0.15, -0.1) is 0 Å². The van der Waals surface area contributed by atoms with Gasteiger partial charge in [0.25, 0.3) is 5.91 Å². The molecule has 0 spiro atoms. The third-order valence-electron chi connectivity index (χ3n) is 5.12. The van der Waals surface area contributed by atoms with Gasteiger partial charge in [-0.25, -0.2) is 0 Å². The molecule has 3 aromatic carbocycles. The molecule has 33 heavy (non-hydrogen) atoms. The number of nitrogens with one attached hydrogen (secondary N) is 2. The number of carbonyl (C=O) groups is 1. The Bertz CT molecular complexity index is 1060. The second kappa shape index (κ2) is 11.8. The van der Waals surface area contributed by atoms with Gasteiger partial charge in [0.1, 0.15) is 5.75 Å². The van der Waals surface area contributed by atoms with E-state index in [0.29, 0.717) is 31.3 Å². The van der Waals surface area contributed by atoms with Crippen molar-refractivity contribution in [3.63, 3.8) is 0 Å². The van der Waals surface area contributed by atoms with E-state index >= 15 is 0 Å². The molecule has 6 nitrogen and oxygen atoms in total. The van der Waals surface area contributed by atoms with Crippen LogP contribution < -0.4 is 24.8 Å². The van der Waals surface area contributed by atoms with Crippen LogP contribution in [0, 0.1) is 13.8 Å². The third kappa shape index (κ3) is 7.17. The third-order valence-corrected chi connectivity index (χ3v) is 5.12. The Kier molecular flexibility index (Phi) is 8.58. The lowest BCUT2D eigenvalue weighted by molar-refractivity contribution is -0.118. The molecule has 3 aromatic rings. The Hall–Kier alpha value is -3.67. The molecule has 0 bridgehead atoms. The van der Waals surface area contributed by atoms with Crippen molar-refractivity contribution in [3.05, 3.63) is 77.4 Å². The smallest absolute Gasteiger partial charge is 0.262 e. The maximum absolute atomic E-state index is 12.3. The fourth-order valence-electron chi connectivity index (χ4n) is 3.25. The SMILES string of the molecule is CCOc1ccc(NCc2ccc(OCC(=O)Nc3ccc(C)c(C)c3)c(OCC)c2)cc1. The number of aryl methyl sites for hydroxylation is 2. The molecule has 0 fully saturated rings. The van der Waals surface area contributed by atoms with E-state index in [0.717, 1.165) is 28.3 Å². The van der Waals surface area contributed by atoms with Gasteiger partial charge < -0.3 is 24.8 Å². The molecule has 3 rings (SSSR count). The summed E-state index contributed by atoms with van der Waals surface area (Å²) in [6, 6.07) is 19.4. The molecule has 0 radical (unpaired) electrons. The summed E-state index contributed by atoms with van der Waals surface area (Å²) in [6.07, 6.45) is 0. The van der Waals surface area contributed by atoms with Crippen molar-refractivity contribution in [2.75, 3.05) is 30.5 Å². The average Bonchev–Trinajstić information content (AvgIpc) is 2.81. The molecular weight excluding hydrogens is 416 g/mol. The number of hydrogen-bond donors (Lipinski definition) is 2. The molecule has 6 heteroatoms. The van der Waals surface area contributed by atoms with E-state index in [9.17, 15) is 4.79 Å². The summed E-state index contributed by atoms with van der Waals surface area (Å²) in [6.45, 7) is 9.61. The molecule has 0 heterocycles. The van der Waals surface area contributed by atoms with Crippen LogP contribution >= 0.6 is 0 Å². The van der Waals surface area contributed by atoms with E-state index < -0.39 is 0 Å². The van der Waals surface area contributed by atoms with Crippen LogP contribution in [-0.2, 0) is 11.3 Å². The average molecular weight is 449 g/mol. The van der Waals surface area contributed by atoms with Crippen molar-refractivity contribution >= 4 is 17.3 Å². The van der Waals surface area contributed by atoms with E-state index in [1.165, 1.54) is 5.56 Å². The van der Waals surface area contributed by atoms with Crippen molar-refractivity contribution in [3.8, 4) is 17.2 Å². The molecule has 0 aromatic heterocycles. The predicted molar refractivity (Wildman–Crippen MR) is 133 cm³/mol. The summed E-state index contributed by atoms with van der Waals surface area (Å²) < 4.78 is 17.0. The molecule has 1 amide bonds. The van der Waals surface area contributed by atoms with Crippen molar-refractivity contribution in [1.82, 2.24) is 0 Å². The van der Waals surface area contributed by atoms with Crippen LogP contribution in [0.4, 0.5) is 11.4 Å². The topological polar surface area (TPSA) is 68.8 Å². The van der Waals surface area contributed by atoms with Gasteiger partial charge in [0, 0.05) is 17.9 Å². The number of ether oxygens (including phenoxy) is 3. The fourth-order valence-corrected chi connectivity index (χ4v) is 3.25. The maximum Gasteiger partial charge on any atom is 0.262 e. The first-order valence-electron chi connectivity index (χ1n) is 11.2. The summed E-state index contributed by atoms with van der Waals surface area (Å²) in [5.41, 5.74) is 5.11. The number of amides is 1. The molecular formula is C27H32N2O4. The molecule has 0 saturated heterocycles. The maximum atomic E-state index is 12.3. The van der Waals surface area contributed by atoms with E-state index in [2.05, 4.69) is 10.6 Å². The number of hydrogen-bond acceptors (Lipinski definition) is 5. The first-order valence-corrected chi connectivity index (χ1v) is 11.2. The lowest BCUT2D eigenvalue weighted by Gasteiger charge is -2.14. The number of carbonyl (C=O) groups excluding carboxylic acids is 1. The zero-order valence-corrected chi connectivity index (χ0v) is 19.7. The first-order chi connectivity index (χ1) is 16.0. The van der Waals surface area contributed by atoms with E-state index in [1.807, 2.05) is 88.4 Å². The van der Waals surface area contributed by atoms with Gasteiger partial charge in [-0.05, 0) is 92.9 Å². The minimum atomic E-state index is -0.220. The monoisotopic (exact) mass is 448 g/mol. The zero-order valence-electron chi connectivity index (χ0n) is 19.7. The Balaban J connectivity index is 1.58. The highest BCUT2D eigenvalue weighted by Gasteiger charge is 2.10. The predicted octanol–water partition coefficient (Wildman–Crippen LogP) is 5.73. The molecule has 0 aliphatic carbocycles. The second-order valence-electron chi connectivity index (χ2n) is 7.66. The molecule has 0 saturated carbocycles. The largest absolute Gasteiger partial charge is 0.494 e. The molecule has 0 atom stereocenters. The Morgan fingerprint density at radius 3 is 2.18 bits per heavy atom. The molecule has 0 unspecified atom stereocenters. The molecule has 0 aliphatic heterocycles. The number of benzene rings is 3. The van der Waals surface area contributed by atoms with Gasteiger partial charge >= 0.3 is 0 Å². The summed E-state index contributed by atoms with van der Waals surface area (Å²) >= 11 is 0. The van der Waals surface area contributed by atoms with E-state index in [1.54, 1.807) is 0 Å². The Morgan fingerprint density at radius 1 is 0.758 bits per heavy atom. The summed E-state index contributed by atoms with van der Waals surface area (Å²) in [5.74, 6) is 1.78. The summed E-state index contributed by atoms with van der Waals surface area (Å²) in [4.78, 5) is 12.3. The first kappa shape index (κ1) is 24.0. The van der Waals surface area contributed by atoms with Crippen LogP contribution in [0.3, 0.4) is 0 Å². The van der Waals surface area contributed by atoms with E-state index in [4.69, 9.17) is 14.2 Å². The van der Waals surface area contributed by atoms with Crippen molar-refractivity contribution in [2.24, 2.45) is 0 Å². The number of anilines is 2. The highest BCUT2D eigenvalue weighted by Crippen LogP contribution is 2.29. The lowest BCUT2D eigenvalue weighted by Crippen LogP contribution is -2.20. The Labute approximate surface area is 195 Å². The highest BCUT2D eigenvalue weighted by atomic mass is 16.5. The molecule has 2 N–H and O–H groups in total. The van der Waals surface area contributed by atoms with Crippen molar-refractivity contribution < 1.29 is 19.0 Å². The number of rotatable bonds is 11. The minimum Gasteiger partial charge on any atom is -0.494 e. The van der Waals surface area contributed by atoms with E-state index in [-0.39, 0.29) is 12.5 Å². The zero-order chi connectivity index (χ0) is 23.6. The minimum absolute atomic E-state index is 0.100. The van der Waals surface area contributed by atoms with Gasteiger partial charge in [-0.1, -0.05) is 12.1 Å². The van der Waals surface area contributed by atoms with Gasteiger partial charge in [-0.2, -0.15) is 0 Å². The fraction of sp³-hybridized carbons (Fsp3) is 0.296. The van der Waals surface area contributed by atoms with Crippen LogP contribution in [-0.4, -0.2) is 25.7 Å². The van der Waals surface area contributed by atoms with Gasteiger partial charge in [0.05, 0.1) is 13.2 Å². The van der Waals surface area contributed by atoms with Gasteiger partial charge in [0.2, 0.25) is 0 Å². The van der Waals surface area contributed by atoms with Crippen molar-refractivity contribution in [1.29, 1.82) is 0 Å². The van der Waals surface area contributed by atoms with Crippen molar-refractivity contribution in [2.45, 2.75) is 34.2 Å². The van der Waals surface area contributed by atoms with Crippen LogP contribution in [0.5, 0.6) is 17.2 Å². The van der Waals surface area contributed by atoms with Gasteiger partial charge in [-0.3, -0.25) is 4.79 Å². The summed E-state index contributed by atoms with van der Waals surface area (Å²) in [5, 5.41) is 6.26. The Morgan fingerprint density at radius 2 is 1.48 bits per heavy atom. The van der Waals surface area contributed by atoms with Crippen LogP contribution in [0.15, 0.2) is 60.7 Å². The molecule has 0 aliphatic rings. The lowest BCUT2D eigenvalue weighted by atomic mass is 10.1. The summed E-state index contributed by atoms with van der Waals surface area (Å²) in [7, 11) is 0. The standard InChI is InChI=1S/C27H32N2O4/c1-5-31-24-12-10-22(11-13-24)28-17-21-8-14-25(26(16-21)32-6-2)33-18-27(30)29-23-9-7-19(3)20(4)15-23/h7-16,28H,5-6,17-18H2,1-4H3,(H,29,30). The second-order valence-corrected chi connectivity index (χ2v) is 7.66. The van der Waals surface area contributed by atoms with Crippen LogP contribution in [0.2, 0.25) is 0 Å². The quantitative estimate of drug-likeness (QED) is 0.392. The van der Waals surface area contributed by atoms with Gasteiger partial charge in [0.15, 0.2) is 18.1 Å². The van der Waals surface area contributed by atoms with Crippen LogP contribution in [0.1, 0.15) is 30.5 Å².